The number of amides is 1. The van der Waals surface area contributed by atoms with Gasteiger partial charge in [0.25, 0.3) is 17.2 Å². The molecular weight excluding hydrogens is 378 g/mol. The third-order valence-corrected chi connectivity index (χ3v) is 4.83. The minimum Gasteiger partial charge on any atom is -0.321 e. The van der Waals surface area contributed by atoms with Crippen LogP contribution in [0.3, 0.4) is 0 Å². The molecule has 0 spiro atoms. The van der Waals surface area contributed by atoms with Crippen molar-refractivity contribution in [3.8, 4) is 0 Å². The van der Waals surface area contributed by atoms with E-state index in [1.54, 1.807) is 6.92 Å². The fraction of sp³-hybridized carbons (Fsp3) is 0.263. The summed E-state index contributed by atoms with van der Waals surface area (Å²) in [6, 6.07) is 4.15. The summed E-state index contributed by atoms with van der Waals surface area (Å²) in [5, 5.41) is 14.0. The Bertz CT molecular complexity index is 1290. The fourth-order valence-corrected chi connectivity index (χ4v) is 3.11. The number of benzene rings is 1. The van der Waals surface area contributed by atoms with E-state index in [9.17, 15) is 24.5 Å². The maximum absolute atomic E-state index is 12.8. The Hall–Kier alpha value is -3.82. The van der Waals surface area contributed by atoms with Gasteiger partial charge in [-0.05, 0) is 25.0 Å². The van der Waals surface area contributed by atoms with E-state index in [0.717, 1.165) is 4.57 Å². The van der Waals surface area contributed by atoms with E-state index in [1.807, 2.05) is 6.92 Å². The van der Waals surface area contributed by atoms with E-state index in [-0.39, 0.29) is 28.0 Å². The van der Waals surface area contributed by atoms with Crippen molar-refractivity contribution in [2.45, 2.75) is 20.3 Å². The van der Waals surface area contributed by atoms with Crippen LogP contribution in [0, 0.1) is 17.0 Å². The van der Waals surface area contributed by atoms with E-state index >= 15 is 0 Å². The van der Waals surface area contributed by atoms with E-state index in [2.05, 4.69) is 10.3 Å². The van der Waals surface area contributed by atoms with Gasteiger partial charge in [-0.25, -0.2) is 9.78 Å². The van der Waals surface area contributed by atoms with Crippen molar-refractivity contribution in [2.24, 2.45) is 14.1 Å². The number of aromatic nitrogens is 3. The zero-order valence-electron chi connectivity index (χ0n) is 16.3. The Morgan fingerprint density at radius 2 is 1.93 bits per heavy atom. The van der Waals surface area contributed by atoms with Crippen LogP contribution in [0.25, 0.3) is 11.0 Å². The molecule has 1 N–H and O–H groups in total. The van der Waals surface area contributed by atoms with Crippen LogP contribution >= 0.6 is 0 Å². The molecule has 0 aliphatic heterocycles. The lowest BCUT2D eigenvalue weighted by atomic mass is 10.1. The highest BCUT2D eigenvalue weighted by Gasteiger charge is 2.20. The molecule has 1 amide bonds. The zero-order valence-corrected chi connectivity index (χ0v) is 16.3. The Morgan fingerprint density at radius 3 is 2.55 bits per heavy atom. The van der Waals surface area contributed by atoms with Gasteiger partial charge in [0.1, 0.15) is 5.39 Å². The standard InChI is InChI=1S/C19H19N5O5/c1-5-11-9-20-16-14(18(26)23(4)19(27)22(16)3)15(11)21-17(25)12-7-6-10(2)13(8-12)24(28)29/h6-9H,5H2,1-4H3,(H,20,21,25). The smallest absolute Gasteiger partial charge is 0.321 e. The monoisotopic (exact) mass is 397 g/mol. The van der Waals surface area contributed by atoms with E-state index < -0.39 is 22.1 Å². The average molecular weight is 397 g/mol. The topological polar surface area (TPSA) is 129 Å². The van der Waals surface area contributed by atoms with Gasteiger partial charge in [0, 0.05) is 37.5 Å². The van der Waals surface area contributed by atoms with Crippen LogP contribution in [0.5, 0.6) is 0 Å². The third-order valence-electron chi connectivity index (χ3n) is 4.83. The van der Waals surface area contributed by atoms with Crippen molar-refractivity contribution in [2.75, 3.05) is 5.32 Å². The molecule has 0 saturated carbocycles. The van der Waals surface area contributed by atoms with Crippen molar-refractivity contribution in [3.63, 3.8) is 0 Å². The summed E-state index contributed by atoms with van der Waals surface area (Å²) in [6.07, 6.45) is 1.97. The van der Waals surface area contributed by atoms with Crippen LogP contribution in [-0.2, 0) is 20.5 Å². The van der Waals surface area contributed by atoms with Gasteiger partial charge in [-0.15, -0.1) is 0 Å². The molecule has 0 aliphatic carbocycles. The Kier molecular flexibility index (Phi) is 5.02. The molecule has 0 bridgehead atoms. The number of pyridine rings is 1. The zero-order chi connectivity index (χ0) is 21.5. The number of nitro groups is 1. The summed E-state index contributed by atoms with van der Waals surface area (Å²) in [5.74, 6) is -0.605. The van der Waals surface area contributed by atoms with Crippen LogP contribution in [0.15, 0.2) is 34.0 Å². The average Bonchev–Trinajstić information content (AvgIpc) is 2.70. The van der Waals surface area contributed by atoms with Crippen molar-refractivity contribution in [1.82, 2.24) is 14.1 Å². The predicted octanol–water partition coefficient (Wildman–Crippen LogP) is 1.66. The van der Waals surface area contributed by atoms with Crippen molar-refractivity contribution in [1.29, 1.82) is 0 Å². The van der Waals surface area contributed by atoms with Crippen molar-refractivity contribution >= 4 is 28.3 Å². The minimum atomic E-state index is -0.605. The number of nitro benzene ring substituents is 1. The van der Waals surface area contributed by atoms with Crippen LogP contribution in [0.4, 0.5) is 11.4 Å². The summed E-state index contributed by atoms with van der Waals surface area (Å²) >= 11 is 0. The van der Waals surface area contributed by atoms with Gasteiger partial charge in [-0.3, -0.25) is 28.8 Å². The molecule has 0 aliphatic rings. The fourth-order valence-electron chi connectivity index (χ4n) is 3.11. The molecular formula is C19H19N5O5. The summed E-state index contributed by atoms with van der Waals surface area (Å²) in [6.45, 7) is 3.41. The first-order valence-corrected chi connectivity index (χ1v) is 8.81. The Labute approximate surface area is 164 Å². The number of hydrogen-bond acceptors (Lipinski definition) is 6. The number of anilines is 1. The summed E-state index contributed by atoms with van der Waals surface area (Å²) in [4.78, 5) is 52.6. The summed E-state index contributed by atoms with van der Waals surface area (Å²) in [7, 11) is 2.83. The summed E-state index contributed by atoms with van der Waals surface area (Å²) in [5.41, 5.74) is 0.189. The molecule has 2 heterocycles. The molecule has 3 aromatic rings. The quantitative estimate of drug-likeness (QED) is 0.526. The number of nitrogens with one attached hydrogen (secondary N) is 1. The second-order valence-corrected chi connectivity index (χ2v) is 6.63. The lowest BCUT2D eigenvalue weighted by molar-refractivity contribution is -0.385. The van der Waals surface area contributed by atoms with Crippen molar-refractivity contribution in [3.05, 3.63) is 72.0 Å². The molecule has 0 saturated heterocycles. The van der Waals surface area contributed by atoms with E-state index in [0.29, 0.717) is 17.5 Å². The van der Waals surface area contributed by atoms with E-state index in [1.165, 1.54) is 43.1 Å². The largest absolute Gasteiger partial charge is 0.332 e. The molecule has 0 unspecified atom stereocenters. The van der Waals surface area contributed by atoms with Gasteiger partial charge in [-0.1, -0.05) is 13.0 Å². The maximum atomic E-state index is 12.8. The lowest BCUT2D eigenvalue weighted by Crippen LogP contribution is -2.38. The van der Waals surface area contributed by atoms with Crippen LogP contribution in [0.1, 0.15) is 28.4 Å². The number of hydrogen-bond donors (Lipinski definition) is 1. The van der Waals surface area contributed by atoms with Gasteiger partial charge >= 0.3 is 5.69 Å². The SMILES string of the molecule is CCc1cnc2c(c1NC(=O)c1ccc(C)c([N+](=O)[O-])c1)c(=O)n(C)c(=O)n2C. The number of nitrogens with zero attached hydrogens (tertiary/aromatic N) is 4. The number of carbonyl (C=O) groups excluding carboxylic acids is 1. The molecule has 10 nitrogen and oxygen atoms in total. The number of aryl methyl sites for hydroxylation is 3. The van der Waals surface area contributed by atoms with Gasteiger partial charge < -0.3 is 5.32 Å². The van der Waals surface area contributed by atoms with Gasteiger partial charge in [-0.2, -0.15) is 0 Å². The summed E-state index contributed by atoms with van der Waals surface area (Å²) < 4.78 is 2.17. The second kappa shape index (κ2) is 7.30. The van der Waals surface area contributed by atoms with Gasteiger partial charge in [0.05, 0.1) is 10.6 Å². The Morgan fingerprint density at radius 1 is 1.24 bits per heavy atom. The molecule has 10 heteroatoms. The second-order valence-electron chi connectivity index (χ2n) is 6.63. The molecule has 29 heavy (non-hydrogen) atoms. The number of fused-ring (bicyclic) bond motifs is 1. The molecule has 3 rings (SSSR count). The first kappa shape index (κ1) is 19.9. The van der Waals surface area contributed by atoms with Crippen LogP contribution < -0.4 is 16.6 Å². The maximum Gasteiger partial charge on any atom is 0.332 e. The van der Waals surface area contributed by atoms with Crippen LogP contribution in [-0.4, -0.2) is 24.9 Å². The molecule has 0 fully saturated rings. The first-order valence-electron chi connectivity index (χ1n) is 8.81. The van der Waals surface area contributed by atoms with Crippen LogP contribution in [0.2, 0.25) is 0 Å². The highest BCUT2D eigenvalue weighted by molar-refractivity contribution is 6.09. The number of rotatable bonds is 4. The van der Waals surface area contributed by atoms with E-state index in [4.69, 9.17) is 0 Å². The highest BCUT2D eigenvalue weighted by atomic mass is 16.6. The molecule has 0 atom stereocenters. The van der Waals surface area contributed by atoms with Gasteiger partial charge in [0.2, 0.25) is 0 Å². The lowest BCUT2D eigenvalue weighted by Gasteiger charge is -2.15. The third kappa shape index (κ3) is 3.28. The molecule has 150 valence electrons. The molecule has 1 aromatic carbocycles. The normalized spacial score (nSPS) is 10.9. The minimum absolute atomic E-state index is 0.0796. The highest BCUT2D eigenvalue weighted by Crippen LogP contribution is 2.25. The first-order chi connectivity index (χ1) is 13.7. The van der Waals surface area contributed by atoms with Gasteiger partial charge in [0.15, 0.2) is 5.65 Å². The predicted molar refractivity (Wildman–Crippen MR) is 107 cm³/mol. The van der Waals surface area contributed by atoms with Crippen molar-refractivity contribution < 1.29 is 9.72 Å². The number of carbonyl (C=O) groups is 1. The molecule has 2 aromatic heterocycles. The molecule has 0 radical (unpaired) electrons. The Balaban J connectivity index is 2.21.